The second-order valence-electron chi connectivity index (χ2n) is 5.22. The number of rotatable bonds is 3. The summed E-state index contributed by atoms with van der Waals surface area (Å²) < 4.78 is 0. The summed E-state index contributed by atoms with van der Waals surface area (Å²) in [5.74, 6) is 0. The molecule has 1 aliphatic rings. The summed E-state index contributed by atoms with van der Waals surface area (Å²) in [5, 5.41) is 4.65. The highest BCUT2D eigenvalue weighted by atomic mass is 35.5. The van der Waals surface area contributed by atoms with Crippen LogP contribution in [0.15, 0.2) is 24.5 Å². The quantitative estimate of drug-likeness (QED) is 0.942. The molecule has 1 unspecified atom stereocenters. The summed E-state index contributed by atoms with van der Waals surface area (Å²) >= 11 is 1.82. The highest BCUT2D eigenvalue weighted by molar-refractivity contribution is 7.11. The van der Waals surface area contributed by atoms with Gasteiger partial charge < -0.3 is 5.32 Å². The third kappa shape index (κ3) is 3.80. The fraction of sp³-hybridized carbons (Fsp3) is 0.467. The van der Waals surface area contributed by atoms with Crippen molar-refractivity contribution in [3.05, 3.63) is 45.7 Å². The van der Waals surface area contributed by atoms with E-state index in [9.17, 15) is 0 Å². The molecule has 3 heterocycles. The molecule has 1 atom stereocenters. The van der Waals surface area contributed by atoms with Crippen LogP contribution < -0.4 is 5.32 Å². The Kier molecular flexibility index (Phi) is 5.70. The van der Waals surface area contributed by atoms with Crippen molar-refractivity contribution in [2.75, 3.05) is 19.6 Å². The summed E-state index contributed by atoms with van der Waals surface area (Å²) in [6, 6.07) is 4.59. The van der Waals surface area contributed by atoms with Crippen LogP contribution in [0.1, 0.15) is 27.2 Å². The third-order valence-electron chi connectivity index (χ3n) is 3.77. The van der Waals surface area contributed by atoms with Gasteiger partial charge in [-0.05, 0) is 25.5 Å². The van der Waals surface area contributed by atoms with Gasteiger partial charge in [0.05, 0.1) is 10.7 Å². The zero-order valence-electron chi connectivity index (χ0n) is 12.4. The van der Waals surface area contributed by atoms with Crippen molar-refractivity contribution in [2.24, 2.45) is 0 Å². The Balaban J connectivity index is 0.00000161. The Morgan fingerprint density at radius 2 is 2.29 bits per heavy atom. The average molecular weight is 325 g/mol. The van der Waals surface area contributed by atoms with E-state index in [-0.39, 0.29) is 12.4 Å². The van der Waals surface area contributed by atoms with Gasteiger partial charge in [-0.1, -0.05) is 6.07 Å². The van der Waals surface area contributed by atoms with E-state index < -0.39 is 0 Å². The lowest BCUT2D eigenvalue weighted by Crippen LogP contribution is -2.45. The van der Waals surface area contributed by atoms with Gasteiger partial charge in [0.2, 0.25) is 0 Å². The lowest BCUT2D eigenvalue weighted by atomic mass is 10.1. The highest BCUT2D eigenvalue weighted by Gasteiger charge is 2.25. The van der Waals surface area contributed by atoms with Crippen LogP contribution in [0, 0.1) is 13.8 Å². The van der Waals surface area contributed by atoms with Gasteiger partial charge in [-0.3, -0.25) is 9.88 Å². The van der Waals surface area contributed by atoms with Crippen LogP contribution in [0.5, 0.6) is 0 Å². The maximum atomic E-state index is 4.54. The number of halogens is 1. The van der Waals surface area contributed by atoms with Gasteiger partial charge in [-0.2, -0.15) is 0 Å². The summed E-state index contributed by atoms with van der Waals surface area (Å²) in [7, 11) is 0. The first-order valence-corrected chi connectivity index (χ1v) is 7.83. The lowest BCUT2D eigenvalue weighted by molar-refractivity contribution is 0.154. The standard InChI is InChI=1S/C15H20N4S.ClH/c1-11-15(20-12(2)18-11)10-19-7-6-17-9-14(19)13-4-3-5-16-8-13;/h3-5,8,14,17H,6-7,9-10H2,1-2H3;1H. The maximum absolute atomic E-state index is 4.54. The molecule has 0 bridgehead atoms. The molecule has 21 heavy (non-hydrogen) atoms. The smallest absolute Gasteiger partial charge is 0.0900 e. The molecule has 0 spiro atoms. The van der Waals surface area contributed by atoms with Gasteiger partial charge in [-0.15, -0.1) is 23.7 Å². The van der Waals surface area contributed by atoms with Gasteiger partial charge in [-0.25, -0.2) is 4.98 Å². The van der Waals surface area contributed by atoms with Crippen LogP contribution in [0.25, 0.3) is 0 Å². The van der Waals surface area contributed by atoms with Crippen LogP contribution in [-0.4, -0.2) is 34.5 Å². The number of aromatic nitrogens is 2. The lowest BCUT2D eigenvalue weighted by Gasteiger charge is -2.36. The van der Waals surface area contributed by atoms with Crippen LogP contribution >= 0.6 is 23.7 Å². The van der Waals surface area contributed by atoms with Gasteiger partial charge in [0.15, 0.2) is 0 Å². The number of nitrogens with zero attached hydrogens (tertiary/aromatic N) is 3. The molecular formula is C15H21ClN4S. The van der Waals surface area contributed by atoms with Gasteiger partial charge >= 0.3 is 0 Å². The van der Waals surface area contributed by atoms with Crippen LogP contribution in [0.4, 0.5) is 0 Å². The maximum Gasteiger partial charge on any atom is 0.0900 e. The Bertz CT molecular complexity index is 572. The fourth-order valence-corrected chi connectivity index (χ4v) is 3.70. The number of thiazole rings is 1. The first-order valence-electron chi connectivity index (χ1n) is 7.01. The van der Waals surface area contributed by atoms with Crippen molar-refractivity contribution in [1.82, 2.24) is 20.2 Å². The number of pyridine rings is 1. The Morgan fingerprint density at radius 3 is 2.95 bits per heavy atom. The van der Waals surface area contributed by atoms with Crippen molar-refractivity contribution < 1.29 is 0 Å². The zero-order chi connectivity index (χ0) is 13.9. The van der Waals surface area contributed by atoms with Crippen molar-refractivity contribution in [2.45, 2.75) is 26.4 Å². The van der Waals surface area contributed by atoms with E-state index in [0.29, 0.717) is 6.04 Å². The van der Waals surface area contributed by atoms with E-state index >= 15 is 0 Å². The summed E-state index contributed by atoms with van der Waals surface area (Å²) in [5.41, 5.74) is 2.47. The molecule has 1 aliphatic heterocycles. The number of piperazine rings is 1. The molecule has 6 heteroatoms. The molecule has 1 saturated heterocycles. The van der Waals surface area contributed by atoms with E-state index in [4.69, 9.17) is 0 Å². The minimum Gasteiger partial charge on any atom is -0.314 e. The molecule has 1 N–H and O–H groups in total. The molecule has 1 fully saturated rings. The first-order chi connectivity index (χ1) is 9.74. The SMILES string of the molecule is Cc1nc(C)c(CN2CCNCC2c2cccnc2)s1.Cl. The number of aryl methyl sites for hydroxylation is 2. The fourth-order valence-electron chi connectivity index (χ4n) is 2.74. The summed E-state index contributed by atoms with van der Waals surface area (Å²) in [4.78, 5) is 12.7. The Hall–Kier alpha value is -1.01. The molecule has 0 aromatic carbocycles. The molecule has 2 aromatic rings. The third-order valence-corrected chi connectivity index (χ3v) is 4.83. The van der Waals surface area contributed by atoms with E-state index in [1.807, 2.05) is 29.8 Å². The largest absolute Gasteiger partial charge is 0.314 e. The highest BCUT2D eigenvalue weighted by Crippen LogP contribution is 2.26. The molecule has 0 radical (unpaired) electrons. The van der Waals surface area contributed by atoms with E-state index in [0.717, 1.165) is 31.2 Å². The number of hydrogen-bond acceptors (Lipinski definition) is 5. The first kappa shape index (κ1) is 16.4. The monoisotopic (exact) mass is 324 g/mol. The number of hydrogen-bond donors (Lipinski definition) is 1. The summed E-state index contributed by atoms with van der Waals surface area (Å²) in [6.07, 6.45) is 3.82. The topological polar surface area (TPSA) is 41.1 Å². The van der Waals surface area contributed by atoms with Crippen molar-refractivity contribution in [3.63, 3.8) is 0 Å². The predicted molar refractivity (Wildman–Crippen MR) is 89.1 cm³/mol. The molecule has 3 rings (SSSR count). The minimum atomic E-state index is 0. The average Bonchev–Trinajstić information content (AvgIpc) is 2.78. The second-order valence-corrected chi connectivity index (χ2v) is 6.51. The van der Waals surface area contributed by atoms with Gasteiger partial charge in [0.1, 0.15) is 0 Å². The van der Waals surface area contributed by atoms with E-state index in [2.05, 4.69) is 40.1 Å². The molecule has 2 aromatic heterocycles. The molecular weight excluding hydrogens is 304 g/mol. The van der Waals surface area contributed by atoms with Crippen molar-refractivity contribution in [3.8, 4) is 0 Å². The molecule has 4 nitrogen and oxygen atoms in total. The van der Waals surface area contributed by atoms with Gasteiger partial charge in [0.25, 0.3) is 0 Å². The minimum absolute atomic E-state index is 0. The number of nitrogens with one attached hydrogen (secondary N) is 1. The molecule has 0 amide bonds. The van der Waals surface area contributed by atoms with Crippen LogP contribution in [0.2, 0.25) is 0 Å². The molecule has 0 aliphatic carbocycles. The Labute approximate surface area is 136 Å². The summed E-state index contributed by atoms with van der Waals surface area (Å²) in [6.45, 7) is 8.28. The predicted octanol–water partition coefficient (Wildman–Crippen LogP) is 2.72. The van der Waals surface area contributed by atoms with Crippen molar-refractivity contribution in [1.29, 1.82) is 0 Å². The van der Waals surface area contributed by atoms with Gasteiger partial charge in [0, 0.05) is 49.5 Å². The molecule has 114 valence electrons. The van der Waals surface area contributed by atoms with E-state index in [1.165, 1.54) is 16.1 Å². The van der Waals surface area contributed by atoms with E-state index in [1.54, 1.807) is 0 Å². The van der Waals surface area contributed by atoms with Crippen LogP contribution in [-0.2, 0) is 6.54 Å². The normalized spacial score (nSPS) is 19.2. The molecule has 0 saturated carbocycles. The van der Waals surface area contributed by atoms with Crippen LogP contribution in [0.3, 0.4) is 0 Å². The zero-order valence-corrected chi connectivity index (χ0v) is 14.0. The van der Waals surface area contributed by atoms with Crippen molar-refractivity contribution >= 4 is 23.7 Å². The second kappa shape index (κ2) is 7.31. The Morgan fingerprint density at radius 1 is 1.43 bits per heavy atom.